The highest BCUT2D eigenvalue weighted by atomic mass is 32.2. The average Bonchev–Trinajstić information content (AvgIpc) is 3.21. The highest BCUT2D eigenvalue weighted by Crippen LogP contribution is 2.27. The molecule has 4 rings (SSSR count). The minimum atomic E-state index is -0.661. The molecule has 0 fully saturated rings. The van der Waals surface area contributed by atoms with E-state index in [0.717, 1.165) is 24.1 Å². The molecule has 30 heavy (non-hydrogen) atoms. The Morgan fingerprint density at radius 3 is 2.70 bits per heavy atom. The number of rotatable bonds is 5. The van der Waals surface area contributed by atoms with Crippen LogP contribution < -0.4 is 4.90 Å². The Hall–Kier alpha value is -3.13. The second-order valence-electron chi connectivity index (χ2n) is 6.80. The van der Waals surface area contributed by atoms with Crippen LogP contribution in [0.4, 0.5) is 10.1 Å². The summed E-state index contributed by atoms with van der Waals surface area (Å²) in [6, 6.07) is 13.5. The number of thioether (sulfide) groups is 1. The first kappa shape index (κ1) is 20.2. The van der Waals surface area contributed by atoms with Crippen molar-refractivity contribution >= 4 is 29.3 Å². The zero-order valence-corrected chi connectivity index (χ0v) is 17.2. The summed E-state index contributed by atoms with van der Waals surface area (Å²) < 4.78 is 20.2. The summed E-state index contributed by atoms with van der Waals surface area (Å²) >= 11 is 1.35. The molecule has 6 nitrogen and oxygen atoms in total. The van der Waals surface area contributed by atoms with E-state index in [-0.39, 0.29) is 24.0 Å². The van der Waals surface area contributed by atoms with Crippen molar-refractivity contribution in [2.75, 3.05) is 24.3 Å². The number of halogens is 1. The summed E-state index contributed by atoms with van der Waals surface area (Å²) in [6.45, 7) is 0.230. The number of carbonyl (C=O) groups excluding carboxylic acids is 2. The van der Waals surface area contributed by atoms with E-state index in [4.69, 9.17) is 4.74 Å². The molecule has 0 saturated heterocycles. The predicted octanol–water partition coefficient (Wildman–Crippen LogP) is 3.87. The topological polar surface area (TPSA) is 64.4 Å². The molecular weight excluding hydrogens is 405 g/mol. The van der Waals surface area contributed by atoms with Crippen molar-refractivity contribution in [2.24, 2.45) is 0 Å². The van der Waals surface area contributed by atoms with E-state index in [9.17, 15) is 14.0 Å². The second-order valence-corrected chi connectivity index (χ2v) is 7.57. The van der Waals surface area contributed by atoms with Crippen LogP contribution in [-0.4, -0.2) is 40.8 Å². The number of hydrogen-bond donors (Lipinski definition) is 0. The van der Waals surface area contributed by atoms with E-state index >= 15 is 0 Å². The quantitative estimate of drug-likeness (QED) is 0.459. The molecule has 0 radical (unpaired) electrons. The van der Waals surface area contributed by atoms with Crippen LogP contribution in [0.2, 0.25) is 0 Å². The zero-order valence-electron chi connectivity index (χ0n) is 16.4. The van der Waals surface area contributed by atoms with Gasteiger partial charge in [-0.3, -0.25) is 9.36 Å². The fourth-order valence-electron chi connectivity index (χ4n) is 3.53. The van der Waals surface area contributed by atoms with Crippen molar-refractivity contribution in [3.8, 4) is 5.69 Å². The number of benzene rings is 2. The molecule has 0 N–H and O–H groups in total. The van der Waals surface area contributed by atoms with Gasteiger partial charge in [0.2, 0.25) is 0 Å². The molecule has 2 heterocycles. The number of imidazole rings is 1. The lowest BCUT2D eigenvalue weighted by Gasteiger charge is -2.29. The van der Waals surface area contributed by atoms with Gasteiger partial charge in [0.1, 0.15) is 5.82 Å². The van der Waals surface area contributed by atoms with Gasteiger partial charge in [-0.1, -0.05) is 30.0 Å². The zero-order chi connectivity index (χ0) is 21.1. The molecule has 2 aromatic carbocycles. The van der Waals surface area contributed by atoms with Crippen molar-refractivity contribution in [3.63, 3.8) is 0 Å². The molecule has 8 heteroatoms. The molecule has 0 atom stereocenters. The molecule has 1 aliphatic heterocycles. The largest absolute Gasteiger partial charge is 0.451 e. The van der Waals surface area contributed by atoms with Gasteiger partial charge >= 0.3 is 5.97 Å². The van der Waals surface area contributed by atoms with Crippen molar-refractivity contribution < 1.29 is 18.7 Å². The molecule has 0 bridgehead atoms. The molecule has 0 unspecified atom stereocenters. The van der Waals surface area contributed by atoms with Crippen LogP contribution in [0.5, 0.6) is 0 Å². The van der Waals surface area contributed by atoms with Gasteiger partial charge in [-0.2, -0.15) is 0 Å². The van der Waals surface area contributed by atoms with Gasteiger partial charge in [-0.05, 0) is 55.0 Å². The Morgan fingerprint density at radius 1 is 1.17 bits per heavy atom. The van der Waals surface area contributed by atoms with E-state index in [1.165, 1.54) is 30.1 Å². The lowest BCUT2D eigenvalue weighted by Crippen LogP contribution is -2.38. The number of aryl methyl sites for hydroxylation is 1. The van der Waals surface area contributed by atoms with Gasteiger partial charge in [0.15, 0.2) is 17.5 Å². The first-order valence-electron chi connectivity index (χ1n) is 9.51. The van der Waals surface area contributed by atoms with Crippen molar-refractivity contribution in [3.05, 3.63) is 71.8 Å². The number of para-hydroxylation sites is 1. The molecule has 0 spiro atoms. The minimum Gasteiger partial charge on any atom is -0.451 e. The molecule has 1 aliphatic rings. The molecule has 3 aromatic rings. The van der Waals surface area contributed by atoms with Crippen LogP contribution in [0.25, 0.3) is 5.69 Å². The van der Waals surface area contributed by atoms with Crippen LogP contribution in [0, 0.1) is 5.82 Å². The SMILES string of the molecule is CSc1ncc(C(=O)OCC(=O)N2CCCc3ccccc32)n1-c1ccc(F)cc1. The predicted molar refractivity (Wildman–Crippen MR) is 113 cm³/mol. The Labute approximate surface area is 177 Å². The minimum absolute atomic E-state index is 0.179. The maximum absolute atomic E-state index is 13.3. The third kappa shape index (κ3) is 3.95. The summed E-state index contributed by atoms with van der Waals surface area (Å²) in [5, 5.41) is 0.560. The van der Waals surface area contributed by atoms with Gasteiger partial charge in [-0.25, -0.2) is 14.2 Å². The van der Waals surface area contributed by atoms with Crippen molar-refractivity contribution in [1.82, 2.24) is 9.55 Å². The smallest absolute Gasteiger partial charge is 0.357 e. The molecule has 1 aromatic heterocycles. The van der Waals surface area contributed by atoms with E-state index in [0.29, 0.717) is 17.4 Å². The Kier molecular flexibility index (Phi) is 5.85. The third-order valence-corrected chi connectivity index (χ3v) is 5.60. The number of carbonyl (C=O) groups is 2. The average molecular weight is 425 g/mol. The van der Waals surface area contributed by atoms with Gasteiger partial charge in [0.25, 0.3) is 5.91 Å². The first-order valence-corrected chi connectivity index (χ1v) is 10.7. The Balaban J connectivity index is 1.51. The van der Waals surface area contributed by atoms with E-state index in [1.54, 1.807) is 21.6 Å². The number of ether oxygens (including phenoxy) is 1. The highest BCUT2D eigenvalue weighted by molar-refractivity contribution is 7.98. The van der Waals surface area contributed by atoms with Gasteiger partial charge in [-0.15, -0.1) is 0 Å². The van der Waals surface area contributed by atoms with Crippen LogP contribution in [0.1, 0.15) is 22.5 Å². The molecule has 1 amide bonds. The molecular formula is C22H20FN3O3S. The van der Waals surface area contributed by atoms with E-state index in [2.05, 4.69) is 4.98 Å². The number of hydrogen-bond acceptors (Lipinski definition) is 5. The molecule has 0 aliphatic carbocycles. The lowest BCUT2D eigenvalue weighted by atomic mass is 10.0. The highest BCUT2D eigenvalue weighted by Gasteiger charge is 2.25. The number of esters is 1. The van der Waals surface area contributed by atoms with Crippen molar-refractivity contribution in [2.45, 2.75) is 18.0 Å². The summed E-state index contributed by atoms with van der Waals surface area (Å²) in [6.07, 6.45) is 5.02. The summed E-state index contributed by atoms with van der Waals surface area (Å²) in [4.78, 5) is 31.4. The maximum atomic E-state index is 13.3. The van der Waals surface area contributed by atoms with Gasteiger partial charge < -0.3 is 9.64 Å². The fourth-order valence-corrected chi connectivity index (χ4v) is 4.08. The first-order chi connectivity index (χ1) is 14.6. The number of fused-ring (bicyclic) bond motifs is 1. The van der Waals surface area contributed by atoms with Gasteiger partial charge in [0.05, 0.1) is 6.20 Å². The lowest BCUT2D eigenvalue weighted by molar-refractivity contribution is -0.121. The maximum Gasteiger partial charge on any atom is 0.357 e. The second kappa shape index (κ2) is 8.71. The van der Waals surface area contributed by atoms with Crippen LogP contribution in [0.3, 0.4) is 0 Å². The standard InChI is InChI=1S/C22H20FN3O3S/c1-30-22-24-13-19(26(22)17-10-8-16(23)9-11-17)21(28)29-14-20(27)25-12-4-6-15-5-2-3-7-18(15)25/h2-3,5,7-11,13H,4,6,12,14H2,1H3. The monoisotopic (exact) mass is 425 g/mol. The summed E-state index contributed by atoms with van der Waals surface area (Å²) in [5.74, 6) is -1.31. The normalized spacial score (nSPS) is 13.1. The Bertz CT molecular complexity index is 1080. The Morgan fingerprint density at radius 2 is 1.93 bits per heavy atom. The number of nitrogens with zero attached hydrogens (tertiary/aromatic N) is 3. The van der Waals surface area contributed by atoms with Crippen LogP contribution in [0.15, 0.2) is 59.9 Å². The van der Waals surface area contributed by atoms with Gasteiger partial charge in [0, 0.05) is 17.9 Å². The summed E-state index contributed by atoms with van der Waals surface area (Å²) in [7, 11) is 0. The van der Waals surface area contributed by atoms with E-state index in [1.807, 2.05) is 30.5 Å². The molecule has 154 valence electrons. The molecule has 0 saturated carbocycles. The number of amides is 1. The van der Waals surface area contributed by atoms with Crippen LogP contribution >= 0.6 is 11.8 Å². The van der Waals surface area contributed by atoms with Crippen LogP contribution in [-0.2, 0) is 16.0 Å². The van der Waals surface area contributed by atoms with E-state index < -0.39 is 5.97 Å². The van der Waals surface area contributed by atoms with Crippen molar-refractivity contribution in [1.29, 1.82) is 0 Å². The fraction of sp³-hybridized carbons (Fsp3) is 0.227. The number of anilines is 1. The third-order valence-electron chi connectivity index (χ3n) is 4.94. The summed E-state index contributed by atoms with van der Waals surface area (Å²) in [5.41, 5.74) is 2.74. The number of aromatic nitrogens is 2.